The van der Waals surface area contributed by atoms with E-state index in [1.807, 2.05) is 47.7 Å². The molecule has 6 rings (SSSR count). The van der Waals surface area contributed by atoms with Gasteiger partial charge in [0.1, 0.15) is 5.76 Å². The Hall–Kier alpha value is -3.33. The summed E-state index contributed by atoms with van der Waals surface area (Å²) in [6.07, 6.45) is 3.28. The van der Waals surface area contributed by atoms with Gasteiger partial charge in [-0.25, -0.2) is 0 Å². The van der Waals surface area contributed by atoms with Crippen molar-refractivity contribution in [3.63, 3.8) is 0 Å². The van der Waals surface area contributed by atoms with Gasteiger partial charge in [-0.05, 0) is 49.3 Å². The second-order valence-corrected chi connectivity index (χ2v) is 14.2. The number of aromatic nitrogens is 1. The molecule has 0 saturated carbocycles. The SMILES string of the molecule is CC(C)(C)C(=O)/C=C(\O)C(C)(C)C.CC(C)(C)c1c[c-]c2c(c1)c1cccc3c4ccccc4c4ccnc2c4c13.[Ir]. The van der Waals surface area contributed by atoms with E-state index in [1.54, 1.807) is 0 Å². The van der Waals surface area contributed by atoms with Gasteiger partial charge < -0.3 is 10.1 Å². The Morgan fingerprint density at radius 3 is 1.83 bits per heavy atom. The fraction of sp³-hybridized carbons (Fsp3) is 0.316. The van der Waals surface area contributed by atoms with E-state index in [0.29, 0.717) is 0 Å². The predicted octanol–water partition coefficient (Wildman–Crippen LogP) is 10.5. The van der Waals surface area contributed by atoms with Gasteiger partial charge >= 0.3 is 0 Å². The van der Waals surface area contributed by atoms with Crippen LogP contribution in [-0.2, 0) is 30.3 Å². The number of carbonyl (C=O) groups is 1. The molecular formula is C38H40IrNO2-. The molecule has 4 heteroatoms. The summed E-state index contributed by atoms with van der Waals surface area (Å²) >= 11 is 0. The summed E-state index contributed by atoms with van der Waals surface area (Å²) in [5.74, 6) is 0.104. The normalized spacial score (nSPS) is 13.0. The van der Waals surface area contributed by atoms with Crippen LogP contribution in [0.4, 0.5) is 0 Å². The Morgan fingerprint density at radius 2 is 1.29 bits per heavy atom. The van der Waals surface area contributed by atoms with Crippen LogP contribution >= 0.6 is 0 Å². The molecule has 0 aliphatic carbocycles. The quantitative estimate of drug-likeness (QED) is 0.0602. The van der Waals surface area contributed by atoms with Crippen LogP contribution in [-0.4, -0.2) is 15.9 Å². The third-order valence-electron chi connectivity index (χ3n) is 7.88. The number of pyridine rings is 1. The molecule has 1 heterocycles. The van der Waals surface area contributed by atoms with Gasteiger partial charge in [0.05, 0.1) is 0 Å². The van der Waals surface area contributed by atoms with E-state index in [-0.39, 0.29) is 42.5 Å². The van der Waals surface area contributed by atoms with Crippen molar-refractivity contribution < 1.29 is 30.0 Å². The molecular weight excluding hydrogens is 695 g/mol. The molecule has 1 aromatic heterocycles. The second kappa shape index (κ2) is 11.1. The molecule has 3 nitrogen and oxygen atoms in total. The fourth-order valence-corrected chi connectivity index (χ4v) is 5.25. The zero-order valence-corrected chi connectivity index (χ0v) is 28.5. The number of ketones is 1. The number of nitrogens with zero attached hydrogens (tertiary/aromatic N) is 1. The van der Waals surface area contributed by atoms with Crippen LogP contribution in [0.3, 0.4) is 0 Å². The van der Waals surface area contributed by atoms with Crippen molar-refractivity contribution in [3.05, 3.63) is 90.3 Å². The van der Waals surface area contributed by atoms with Gasteiger partial charge in [-0.1, -0.05) is 116 Å². The maximum Gasteiger partial charge on any atom is 0.164 e. The van der Waals surface area contributed by atoms with Crippen LogP contribution < -0.4 is 0 Å². The predicted molar refractivity (Wildman–Crippen MR) is 175 cm³/mol. The molecule has 0 fully saturated rings. The topological polar surface area (TPSA) is 50.2 Å². The van der Waals surface area contributed by atoms with Gasteiger partial charge in [0, 0.05) is 43.2 Å². The van der Waals surface area contributed by atoms with E-state index in [1.165, 1.54) is 54.7 Å². The third-order valence-corrected chi connectivity index (χ3v) is 7.88. The van der Waals surface area contributed by atoms with Crippen LogP contribution in [0.25, 0.3) is 54.0 Å². The summed E-state index contributed by atoms with van der Waals surface area (Å²) in [5.41, 5.74) is 1.69. The minimum Gasteiger partial charge on any atom is -0.512 e. The Morgan fingerprint density at radius 1 is 0.738 bits per heavy atom. The number of rotatable bonds is 1. The molecule has 0 aliphatic heterocycles. The summed E-state index contributed by atoms with van der Waals surface area (Å²) in [7, 11) is 0. The van der Waals surface area contributed by atoms with Crippen LogP contribution in [0, 0.1) is 16.9 Å². The molecule has 0 spiro atoms. The maximum atomic E-state index is 11.5. The van der Waals surface area contributed by atoms with Crippen molar-refractivity contribution >= 4 is 59.8 Å². The number of fused-ring (bicyclic) bond motifs is 6. The summed E-state index contributed by atoms with van der Waals surface area (Å²) in [6.45, 7) is 17.9. The van der Waals surface area contributed by atoms with Crippen molar-refractivity contribution in [3.8, 4) is 0 Å². The Bertz CT molecular complexity index is 1960. The Balaban J connectivity index is 0.000000249. The summed E-state index contributed by atoms with van der Waals surface area (Å²) in [6, 6.07) is 25.7. The smallest absolute Gasteiger partial charge is 0.164 e. The Kier molecular flexibility index (Phi) is 8.32. The monoisotopic (exact) mass is 735 g/mol. The fourth-order valence-electron chi connectivity index (χ4n) is 5.25. The van der Waals surface area contributed by atoms with Crippen LogP contribution in [0.2, 0.25) is 0 Å². The summed E-state index contributed by atoms with van der Waals surface area (Å²) < 4.78 is 0. The van der Waals surface area contributed by atoms with Gasteiger partial charge in [-0.3, -0.25) is 4.79 Å². The Labute approximate surface area is 262 Å². The molecule has 1 radical (unpaired) electrons. The summed E-state index contributed by atoms with van der Waals surface area (Å²) in [4.78, 5) is 16.3. The molecule has 1 N–H and O–H groups in total. The van der Waals surface area contributed by atoms with Gasteiger partial charge in [0.15, 0.2) is 5.78 Å². The van der Waals surface area contributed by atoms with Gasteiger partial charge in [-0.2, -0.15) is 0 Å². The van der Waals surface area contributed by atoms with Crippen LogP contribution in [0.15, 0.2) is 78.7 Å². The number of aliphatic hydroxyl groups excluding tert-OH is 1. The minimum absolute atomic E-state index is 0. The first-order valence-corrected chi connectivity index (χ1v) is 14.3. The van der Waals surface area contributed by atoms with Crippen molar-refractivity contribution in [1.82, 2.24) is 4.98 Å². The zero-order chi connectivity index (χ0) is 29.9. The largest absolute Gasteiger partial charge is 0.512 e. The number of hydrogen-bond donors (Lipinski definition) is 1. The van der Waals surface area contributed by atoms with E-state index < -0.39 is 5.41 Å². The van der Waals surface area contributed by atoms with Crippen LogP contribution in [0.5, 0.6) is 0 Å². The minimum atomic E-state index is -0.417. The van der Waals surface area contributed by atoms with Gasteiger partial charge in [0.2, 0.25) is 0 Å². The number of allylic oxidation sites excluding steroid dienone is 2. The molecule has 0 unspecified atom stereocenters. The average Bonchev–Trinajstić information content (AvgIpc) is 2.91. The molecule has 0 amide bonds. The number of hydrogen-bond acceptors (Lipinski definition) is 3. The molecule has 6 aromatic rings. The van der Waals surface area contributed by atoms with Crippen LogP contribution in [0.1, 0.15) is 67.9 Å². The first kappa shape index (κ1) is 31.6. The molecule has 0 bridgehead atoms. The van der Waals surface area contributed by atoms with E-state index in [2.05, 4.69) is 87.5 Å². The van der Waals surface area contributed by atoms with Gasteiger partial charge in [0.25, 0.3) is 0 Å². The first-order valence-electron chi connectivity index (χ1n) is 14.3. The van der Waals surface area contributed by atoms with Crippen molar-refractivity contribution in [1.29, 1.82) is 0 Å². The zero-order valence-electron chi connectivity index (χ0n) is 26.1. The second-order valence-electron chi connectivity index (χ2n) is 14.2. The third kappa shape index (κ3) is 5.68. The number of aliphatic hydroxyl groups is 1. The number of carbonyl (C=O) groups excluding carboxylic acids is 1. The van der Waals surface area contributed by atoms with E-state index in [9.17, 15) is 9.90 Å². The molecule has 0 atom stereocenters. The number of benzene rings is 5. The molecule has 42 heavy (non-hydrogen) atoms. The van der Waals surface area contributed by atoms with E-state index in [4.69, 9.17) is 4.98 Å². The van der Waals surface area contributed by atoms with E-state index in [0.717, 1.165) is 10.9 Å². The van der Waals surface area contributed by atoms with Crippen molar-refractivity contribution in [2.75, 3.05) is 0 Å². The summed E-state index contributed by atoms with van der Waals surface area (Å²) in [5, 5.41) is 21.0. The molecule has 0 aliphatic rings. The molecule has 219 valence electrons. The van der Waals surface area contributed by atoms with Crippen molar-refractivity contribution in [2.24, 2.45) is 10.8 Å². The van der Waals surface area contributed by atoms with E-state index >= 15 is 0 Å². The average molecular weight is 735 g/mol. The molecule has 0 saturated heterocycles. The van der Waals surface area contributed by atoms with Gasteiger partial charge in [-0.15, -0.1) is 29.1 Å². The standard InChI is InChI=1S/C27H20N.C11H20O2.Ir/c1-27(2,3)16-11-12-22-23(15-16)20-10-6-9-19-17-7-4-5-8-18(17)21-13-14-28-26(22)25(21)24(19)20;1-10(2,3)8(12)7-9(13)11(4,5)6;/h4-11,13-15H,1-3H3;7,12H,1-6H3;/q-1;;/b;8-7-;. The first-order chi connectivity index (χ1) is 19.1. The molecule has 5 aromatic carbocycles. The maximum absolute atomic E-state index is 11.5. The van der Waals surface area contributed by atoms with Crippen molar-refractivity contribution in [2.45, 2.75) is 67.7 Å².